The smallest absolute Gasteiger partial charge is 0.251 e. The Labute approximate surface area is 87.8 Å². The molecule has 0 aliphatic rings. The fraction of sp³-hybridized carbons (Fsp3) is 0.250. The van der Waals surface area contributed by atoms with Crippen LogP contribution < -0.4 is 28.5 Å². The maximum Gasteiger partial charge on any atom is 0.251 e. The van der Waals surface area contributed by atoms with Gasteiger partial charge >= 0.3 is 0 Å². The van der Waals surface area contributed by atoms with Crippen molar-refractivity contribution >= 4 is 11.0 Å². The van der Waals surface area contributed by atoms with Crippen molar-refractivity contribution in [1.82, 2.24) is 9.97 Å². The lowest BCUT2D eigenvalue weighted by atomic mass is 10.4. The van der Waals surface area contributed by atoms with Gasteiger partial charge in [0.25, 0.3) is 5.82 Å². The predicted octanol–water partition coefficient (Wildman–Crippen LogP) is -2.30. The topological polar surface area (TPSA) is 32.6 Å². The summed E-state index contributed by atoms with van der Waals surface area (Å²) in [5.41, 5.74) is 2.28. The largest absolute Gasteiger partial charge is 1.00 e. The van der Waals surface area contributed by atoms with E-state index in [2.05, 4.69) is 14.5 Å². The number of fused-ring (bicyclic) bond motifs is 1. The number of rotatable bonds is 0. The average molecular weight is 275 g/mol. The van der Waals surface area contributed by atoms with Crippen LogP contribution in [0, 0.1) is 6.92 Å². The summed E-state index contributed by atoms with van der Waals surface area (Å²) >= 11 is 0. The van der Waals surface area contributed by atoms with Crippen LogP contribution in [0.1, 0.15) is 5.82 Å². The monoisotopic (exact) mass is 275 g/mol. The highest BCUT2D eigenvalue weighted by atomic mass is 127. The Balaban J connectivity index is 0.000000720. The number of hydrogen-bond acceptors (Lipinski definition) is 1. The third-order valence-electron chi connectivity index (χ3n) is 1.98. The number of aromatic nitrogens is 3. The quantitative estimate of drug-likeness (QED) is 0.426. The van der Waals surface area contributed by atoms with Gasteiger partial charge in [-0.05, 0) is 0 Å². The first kappa shape index (κ1) is 9.44. The Morgan fingerprint density at radius 3 is 2.92 bits per heavy atom. The van der Waals surface area contributed by atoms with Crippen molar-refractivity contribution in [2.75, 3.05) is 0 Å². The summed E-state index contributed by atoms with van der Waals surface area (Å²) in [4.78, 5) is 7.30. The van der Waals surface area contributed by atoms with Gasteiger partial charge in [0, 0.05) is 19.2 Å². The molecule has 0 saturated heterocycles. The lowest BCUT2D eigenvalue weighted by Gasteiger charge is -1.84. The van der Waals surface area contributed by atoms with Gasteiger partial charge in [0.15, 0.2) is 11.0 Å². The number of pyridine rings is 1. The van der Waals surface area contributed by atoms with E-state index in [1.165, 1.54) is 0 Å². The highest BCUT2D eigenvalue weighted by molar-refractivity contribution is 5.69. The van der Waals surface area contributed by atoms with Gasteiger partial charge in [-0.1, -0.05) is 0 Å². The first-order chi connectivity index (χ1) is 5.29. The third kappa shape index (κ3) is 1.31. The summed E-state index contributed by atoms with van der Waals surface area (Å²) in [7, 11) is 2.02. The molecular formula is C8H10IN3. The molecular weight excluding hydrogens is 265 g/mol. The number of hydrogen-bond donors (Lipinski definition) is 1. The molecule has 2 aromatic heterocycles. The van der Waals surface area contributed by atoms with Gasteiger partial charge in [0.1, 0.15) is 0 Å². The molecule has 0 aliphatic carbocycles. The van der Waals surface area contributed by atoms with E-state index < -0.39 is 0 Å². The molecule has 2 aromatic rings. The maximum absolute atomic E-state index is 4.05. The van der Waals surface area contributed by atoms with Gasteiger partial charge in [0.2, 0.25) is 0 Å². The molecule has 4 heteroatoms. The van der Waals surface area contributed by atoms with E-state index in [1.807, 2.05) is 26.2 Å². The summed E-state index contributed by atoms with van der Waals surface area (Å²) in [5, 5.41) is 0. The molecule has 2 rings (SSSR count). The number of nitrogens with zero attached hydrogens (tertiary/aromatic N) is 2. The number of aromatic amines is 1. The fourth-order valence-corrected chi connectivity index (χ4v) is 1.22. The van der Waals surface area contributed by atoms with Gasteiger partial charge in [-0.3, -0.25) is 4.98 Å². The van der Waals surface area contributed by atoms with Crippen molar-refractivity contribution < 1.29 is 28.5 Å². The summed E-state index contributed by atoms with van der Waals surface area (Å²) in [5.74, 6) is 1.15. The normalized spacial score (nSPS) is 9.83. The third-order valence-corrected chi connectivity index (χ3v) is 1.98. The van der Waals surface area contributed by atoms with Gasteiger partial charge in [-0.15, -0.1) is 0 Å². The van der Waals surface area contributed by atoms with Crippen LogP contribution in [-0.4, -0.2) is 9.97 Å². The van der Waals surface area contributed by atoms with E-state index in [0.717, 1.165) is 16.9 Å². The number of aryl methyl sites for hydroxylation is 2. The minimum absolute atomic E-state index is 0. The Morgan fingerprint density at radius 1 is 1.50 bits per heavy atom. The SMILES string of the molecule is Cc1[nH]c2ccncc2[n+]1C.[I-]. The van der Waals surface area contributed by atoms with Crippen LogP contribution in [0.25, 0.3) is 11.0 Å². The van der Waals surface area contributed by atoms with E-state index in [4.69, 9.17) is 0 Å². The second kappa shape index (κ2) is 3.38. The zero-order chi connectivity index (χ0) is 7.84. The highest BCUT2D eigenvalue weighted by Crippen LogP contribution is 2.04. The van der Waals surface area contributed by atoms with Gasteiger partial charge < -0.3 is 24.0 Å². The zero-order valence-corrected chi connectivity index (χ0v) is 9.16. The molecule has 0 aliphatic heterocycles. The Morgan fingerprint density at radius 2 is 2.25 bits per heavy atom. The first-order valence-corrected chi connectivity index (χ1v) is 3.57. The van der Waals surface area contributed by atoms with Crippen LogP contribution in [0.15, 0.2) is 18.5 Å². The molecule has 0 atom stereocenters. The maximum atomic E-state index is 4.05. The van der Waals surface area contributed by atoms with Crippen LogP contribution in [0.4, 0.5) is 0 Å². The molecule has 64 valence electrons. The Bertz CT molecular complexity index is 394. The van der Waals surface area contributed by atoms with Crippen molar-refractivity contribution in [3.05, 3.63) is 24.3 Å². The molecule has 1 N–H and O–H groups in total. The average Bonchev–Trinajstić information content (AvgIpc) is 2.30. The first-order valence-electron chi connectivity index (χ1n) is 3.57. The van der Waals surface area contributed by atoms with E-state index in [-0.39, 0.29) is 24.0 Å². The van der Waals surface area contributed by atoms with Crippen LogP contribution in [-0.2, 0) is 7.05 Å². The lowest BCUT2D eigenvalue weighted by Crippen LogP contribution is -3.00. The molecule has 2 heterocycles. The number of halogens is 1. The minimum Gasteiger partial charge on any atom is -1.00 e. The molecule has 3 nitrogen and oxygen atoms in total. The van der Waals surface area contributed by atoms with E-state index in [9.17, 15) is 0 Å². The van der Waals surface area contributed by atoms with Crippen LogP contribution in [0.2, 0.25) is 0 Å². The summed E-state index contributed by atoms with van der Waals surface area (Å²) in [6.07, 6.45) is 3.65. The molecule has 0 bridgehead atoms. The molecule has 0 aromatic carbocycles. The molecule has 0 saturated carbocycles. The summed E-state index contributed by atoms with van der Waals surface area (Å²) < 4.78 is 2.09. The van der Waals surface area contributed by atoms with Crippen molar-refractivity contribution in [1.29, 1.82) is 0 Å². The second-order valence-electron chi connectivity index (χ2n) is 2.66. The minimum atomic E-state index is 0. The molecule has 0 amide bonds. The summed E-state index contributed by atoms with van der Waals surface area (Å²) in [6.45, 7) is 2.04. The number of H-pyrrole nitrogens is 1. The Kier molecular flexibility index (Phi) is 2.66. The van der Waals surface area contributed by atoms with Crippen molar-refractivity contribution in [3.63, 3.8) is 0 Å². The van der Waals surface area contributed by atoms with E-state index in [0.29, 0.717) is 0 Å². The molecule has 12 heavy (non-hydrogen) atoms. The number of imidazole rings is 1. The van der Waals surface area contributed by atoms with E-state index in [1.54, 1.807) is 6.20 Å². The van der Waals surface area contributed by atoms with Crippen LogP contribution >= 0.6 is 0 Å². The van der Waals surface area contributed by atoms with Crippen molar-refractivity contribution in [2.45, 2.75) is 6.92 Å². The predicted molar refractivity (Wildman–Crippen MR) is 42.0 cm³/mol. The summed E-state index contributed by atoms with van der Waals surface area (Å²) in [6, 6.07) is 1.97. The van der Waals surface area contributed by atoms with Gasteiger partial charge in [-0.2, -0.15) is 0 Å². The number of nitrogens with one attached hydrogen (secondary N) is 1. The second-order valence-corrected chi connectivity index (χ2v) is 2.66. The van der Waals surface area contributed by atoms with E-state index >= 15 is 0 Å². The van der Waals surface area contributed by atoms with Gasteiger partial charge in [-0.25, -0.2) is 9.55 Å². The molecule has 0 fully saturated rings. The van der Waals surface area contributed by atoms with Crippen LogP contribution in [0.3, 0.4) is 0 Å². The Hall–Kier alpha value is -0.650. The highest BCUT2D eigenvalue weighted by Gasteiger charge is 2.08. The van der Waals surface area contributed by atoms with Gasteiger partial charge in [0.05, 0.1) is 13.2 Å². The molecule has 0 spiro atoms. The fourth-order valence-electron chi connectivity index (χ4n) is 1.22. The van der Waals surface area contributed by atoms with Crippen molar-refractivity contribution in [2.24, 2.45) is 7.05 Å². The standard InChI is InChI=1S/C8H9N3.HI/c1-6-10-7-3-4-9-5-8(7)11(6)2;/h3-5H,1-2H3;1H. The zero-order valence-electron chi connectivity index (χ0n) is 7.00. The van der Waals surface area contributed by atoms with Crippen LogP contribution in [0.5, 0.6) is 0 Å². The van der Waals surface area contributed by atoms with Crippen molar-refractivity contribution in [3.8, 4) is 0 Å². The molecule has 0 radical (unpaired) electrons. The lowest BCUT2D eigenvalue weighted by molar-refractivity contribution is -0.651. The molecule has 0 unspecified atom stereocenters.